The number of benzene rings is 1. The first kappa shape index (κ1) is 24.6. The van der Waals surface area contributed by atoms with Crippen molar-refractivity contribution in [1.29, 1.82) is 0 Å². The number of ketones is 1. The van der Waals surface area contributed by atoms with Crippen LogP contribution >= 0.6 is 0 Å². The molecule has 0 radical (unpaired) electrons. The molecular weight excluding hydrogens is 364 g/mol. The molecule has 3 atom stereocenters. The first-order chi connectivity index (χ1) is 14.7. The zero-order chi connectivity index (χ0) is 21.4. The molecule has 0 aliphatic heterocycles. The van der Waals surface area contributed by atoms with Crippen LogP contribution in [0.25, 0.3) is 0 Å². The van der Waals surface area contributed by atoms with Crippen LogP contribution in [0.15, 0.2) is 54.6 Å². The Bertz CT molecular complexity index is 627. The van der Waals surface area contributed by atoms with Crippen molar-refractivity contribution in [3.63, 3.8) is 0 Å². The monoisotopic (exact) mass is 408 g/mol. The molecule has 1 nitrogen and oxygen atoms in total. The molecule has 1 aromatic rings. The van der Waals surface area contributed by atoms with Crippen LogP contribution in [0, 0.1) is 17.8 Å². The predicted octanol–water partition coefficient (Wildman–Crippen LogP) is 8.49. The lowest BCUT2D eigenvalue weighted by Crippen LogP contribution is -2.10. The van der Waals surface area contributed by atoms with Crippen LogP contribution in [0.3, 0.4) is 0 Å². The summed E-state index contributed by atoms with van der Waals surface area (Å²) >= 11 is 0. The Balaban J connectivity index is 1.57. The highest BCUT2D eigenvalue weighted by atomic mass is 16.1. The molecule has 1 aliphatic carbocycles. The van der Waals surface area contributed by atoms with E-state index in [1.165, 1.54) is 63.4 Å². The van der Waals surface area contributed by atoms with Gasteiger partial charge in [0.2, 0.25) is 0 Å². The molecule has 0 bridgehead atoms. The second-order valence-corrected chi connectivity index (χ2v) is 9.27. The summed E-state index contributed by atoms with van der Waals surface area (Å²) in [6, 6.07) is 10.8. The highest BCUT2D eigenvalue weighted by Gasteiger charge is 2.23. The van der Waals surface area contributed by atoms with Crippen LogP contribution < -0.4 is 0 Å². The largest absolute Gasteiger partial charge is 0.299 e. The fourth-order valence-electron chi connectivity index (χ4n) is 4.65. The average molecular weight is 409 g/mol. The maximum absolute atomic E-state index is 12.1. The van der Waals surface area contributed by atoms with E-state index in [9.17, 15) is 4.79 Å². The Morgan fingerprint density at radius 2 is 1.83 bits per heavy atom. The standard InChI is InChI=1S/C29H44O/c1-3-4-16-25(2)29(30)24-14-6-5-12-20-27-22-15-23-28(27)21-13-8-11-19-26-17-9-7-10-18-26/h5,7,9-10,12-13,17-18,21,25,27-28H,3-4,6,8,11,14-16,19-20,22-24H2,1-2H3/b12-5-,21-13+. The minimum absolute atomic E-state index is 0.257. The molecule has 0 amide bonds. The summed E-state index contributed by atoms with van der Waals surface area (Å²) in [6.45, 7) is 4.29. The van der Waals surface area contributed by atoms with Crippen molar-refractivity contribution in [2.24, 2.45) is 17.8 Å². The van der Waals surface area contributed by atoms with Crippen LogP contribution in [0.2, 0.25) is 0 Å². The minimum Gasteiger partial charge on any atom is -0.299 e. The second kappa shape index (κ2) is 15.2. The first-order valence-electron chi connectivity index (χ1n) is 12.6. The summed E-state index contributed by atoms with van der Waals surface area (Å²) in [5, 5.41) is 0. The number of carbonyl (C=O) groups is 1. The summed E-state index contributed by atoms with van der Waals surface area (Å²) in [7, 11) is 0. The molecule has 0 spiro atoms. The van der Waals surface area contributed by atoms with Crippen molar-refractivity contribution >= 4 is 5.78 Å². The van der Waals surface area contributed by atoms with Gasteiger partial charge in [-0.25, -0.2) is 0 Å². The molecule has 0 aromatic heterocycles. The van der Waals surface area contributed by atoms with Crippen LogP contribution in [0.5, 0.6) is 0 Å². The molecule has 1 saturated carbocycles. The molecule has 2 rings (SSSR count). The van der Waals surface area contributed by atoms with Crippen molar-refractivity contribution in [2.45, 2.75) is 97.3 Å². The molecule has 1 aromatic carbocycles. The molecule has 166 valence electrons. The van der Waals surface area contributed by atoms with E-state index < -0.39 is 0 Å². The second-order valence-electron chi connectivity index (χ2n) is 9.27. The van der Waals surface area contributed by atoms with Crippen LogP contribution in [0.4, 0.5) is 0 Å². The molecule has 0 saturated heterocycles. The number of rotatable bonds is 15. The van der Waals surface area contributed by atoms with E-state index in [1.54, 1.807) is 0 Å². The maximum Gasteiger partial charge on any atom is 0.135 e. The van der Waals surface area contributed by atoms with Gasteiger partial charge >= 0.3 is 0 Å². The summed E-state index contributed by atoms with van der Waals surface area (Å²) < 4.78 is 0. The zero-order valence-corrected chi connectivity index (χ0v) is 19.5. The Morgan fingerprint density at radius 3 is 2.63 bits per heavy atom. The van der Waals surface area contributed by atoms with Gasteiger partial charge in [-0.3, -0.25) is 4.79 Å². The van der Waals surface area contributed by atoms with Crippen molar-refractivity contribution in [1.82, 2.24) is 0 Å². The first-order valence-corrected chi connectivity index (χ1v) is 12.6. The number of carbonyl (C=O) groups excluding carboxylic acids is 1. The lowest BCUT2D eigenvalue weighted by atomic mass is 9.91. The fraction of sp³-hybridized carbons (Fsp3) is 0.621. The Labute approximate surface area is 186 Å². The molecule has 0 N–H and O–H groups in total. The summed E-state index contributed by atoms with van der Waals surface area (Å²) in [5.74, 6) is 2.31. The van der Waals surface area contributed by atoms with E-state index in [-0.39, 0.29) is 5.92 Å². The normalized spacial score (nSPS) is 20.3. The summed E-state index contributed by atoms with van der Waals surface area (Å²) in [6.07, 6.45) is 24.8. The third-order valence-electron chi connectivity index (χ3n) is 6.72. The SMILES string of the molecule is CCCCC(C)C(=O)CCC/C=C\CC1CCCC1/C=C/CCCc1ccccc1. The van der Waals surface area contributed by atoms with Crippen LogP contribution in [0.1, 0.15) is 96.5 Å². The Kier molecular flexibility index (Phi) is 12.5. The molecule has 0 heterocycles. The number of hydrogen-bond acceptors (Lipinski definition) is 1. The third kappa shape index (κ3) is 9.92. The Hall–Kier alpha value is -1.63. The number of hydrogen-bond donors (Lipinski definition) is 0. The summed E-state index contributed by atoms with van der Waals surface area (Å²) in [5.41, 5.74) is 1.45. The zero-order valence-electron chi connectivity index (χ0n) is 19.5. The lowest BCUT2D eigenvalue weighted by Gasteiger charge is -2.14. The van der Waals surface area contributed by atoms with Gasteiger partial charge in [-0.1, -0.05) is 87.7 Å². The quantitative estimate of drug-likeness (QED) is 0.210. The van der Waals surface area contributed by atoms with E-state index in [1.807, 2.05) is 0 Å². The topological polar surface area (TPSA) is 17.1 Å². The van der Waals surface area contributed by atoms with Crippen LogP contribution in [-0.4, -0.2) is 5.78 Å². The average Bonchev–Trinajstić information content (AvgIpc) is 3.22. The van der Waals surface area contributed by atoms with Crippen molar-refractivity contribution in [3.8, 4) is 0 Å². The van der Waals surface area contributed by atoms with Gasteiger partial charge in [0.25, 0.3) is 0 Å². The molecule has 1 fully saturated rings. The van der Waals surface area contributed by atoms with Gasteiger partial charge in [-0.15, -0.1) is 0 Å². The van der Waals surface area contributed by atoms with E-state index in [4.69, 9.17) is 0 Å². The number of Topliss-reactive ketones (excluding diaryl/α,β-unsaturated/α-hetero) is 1. The van der Waals surface area contributed by atoms with Gasteiger partial charge in [0.1, 0.15) is 5.78 Å². The molecule has 1 aliphatic rings. The van der Waals surface area contributed by atoms with E-state index >= 15 is 0 Å². The van der Waals surface area contributed by atoms with E-state index in [0.29, 0.717) is 5.78 Å². The van der Waals surface area contributed by atoms with E-state index in [2.05, 4.69) is 68.5 Å². The minimum atomic E-state index is 0.257. The predicted molar refractivity (Wildman–Crippen MR) is 131 cm³/mol. The van der Waals surface area contributed by atoms with Gasteiger partial charge in [-0.05, 0) is 75.2 Å². The number of allylic oxidation sites excluding steroid dienone is 4. The maximum atomic E-state index is 12.1. The van der Waals surface area contributed by atoms with Crippen molar-refractivity contribution in [2.75, 3.05) is 0 Å². The smallest absolute Gasteiger partial charge is 0.135 e. The van der Waals surface area contributed by atoms with Gasteiger partial charge in [0, 0.05) is 12.3 Å². The molecule has 30 heavy (non-hydrogen) atoms. The summed E-state index contributed by atoms with van der Waals surface area (Å²) in [4.78, 5) is 12.1. The molecule has 3 unspecified atom stereocenters. The molecule has 1 heteroatoms. The third-order valence-corrected chi connectivity index (χ3v) is 6.72. The van der Waals surface area contributed by atoms with Gasteiger partial charge in [-0.2, -0.15) is 0 Å². The highest BCUT2D eigenvalue weighted by Crippen LogP contribution is 2.35. The number of unbranched alkanes of at least 4 members (excludes halogenated alkanes) is 3. The lowest BCUT2D eigenvalue weighted by molar-refractivity contribution is -0.122. The Morgan fingerprint density at radius 1 is 1.03 bits per heavy atom. The molecular formula is C29H44O. The number of aryl methyl sites for hydroxylation is 1. The van der Waals surface area contributed by atoms with Crippen molar-refractivity contribution < 1.29 is 4.79 Å². The van der Waals surface area contributed by atoms with Gasteiger partial charge in [0.05, 0.1) is 0 Å². The van der Waals surface area contributed by atoms with E-state index in [0.717, 1.165) is 37.5 Å². The highest BCUT2D eigenvalue weighted by molar-refractivity contribution is 5.80. The fourth-order valence-corrected chi connectivity index (χ4v) is 4.65. The van der Waals surface area contributed by atoms with Gasteiger partial charge in [0.15, 0.2) is 0 Å². The van der Waals surface area contributed by atoms with Crippen LogP contribution in [-0.2, 0) is 11.2 Å². The van der Waals surface area contributed by atoms with Gasteiger partial charge < -0.3 is 0 Å². The van der Waals surface area contributed by atoms with Crippen molar-refractivity contribution in [3.05, 3.63) is 60.2 Å².